The van der Waals surface area contributed by atoms with Crippen molar-refractivity contribution in [2.24, 2.45) is 0 Å². The number of carbonyl (C=O) groups is 1. The Bertz CT molecular complexity index is 659. The minimum absolute atomic E-state index is 0.151. The number of anilines is 2. The summed E-state index contributed by atoms with van der Waals surface area (Å²) in [5, 5.41) is 14.6. The van der Waals surface area contributed by atoms with Crippen LogP contribution in [-0.4, -0.2) is 12.5 Å². The Kier molecular flexibility index (Phi) is 4.35. The van der Waals surface area contributed by atoms with E-state index in [0.717, 1.165) is 11.3 Å². The molecule has 2 N–H and O–H groups in total. The standard InChI is InChI=1S/C16H15N3O/c1-12-4-2-6-14(8-12)18-11-16(20)19-15-7-3-5-13(9-15)10-17/h2-9,18H,11H2,1H3,(H,19,20). The zero-order valence-electron chi connectivity index (χ0n) is 11.2. The summed E-state index contributed by atoms with van der Waals surface area (Å²) in [6.45, 7) is 2.18. The molecule has 0 unspecified atom stereocenters. The number of rotatable bonds is 4. The van der Waals surface area contributed by atoms with Gasteiger partial charge in [0.15, 0.2) is 0 Å². The molecule has 0 saturated heterocycles. The van der Waals surface area contributed by atoms with Crippen LogP contribution in [-0.2, 0) is 4.79 Å². The van der Waals surface area contributed by atoms with Crippen molar-refractivity contribution in [1.29, 1.82) is 5.26 Å². The van der Waals surface area contributed by atoms with Crippen molar-refractivity contribution >= 4 is 17.3 Å². The van der Waals surface area contributed by atoms with E-state index in [1.807, 2.05) is 37.3 Å². The van der Waals surface area contributed by atoms with Crippen LogP contribution in [0, 0.1) is 18.3 Å². The second kappa shape index (κ2) is 6.39. The monoisotopic (exact) mass is 265 g/mol. The van der Waals surface area contributed by atoms with Crippen LogP contribution in [0.2, 0.25) is 0 Å². The van der Waals surface area contributed by atoms with Crippen LogP contribution >= 0.6 is 0 Å². The third-order valence-electron chi connectivity index (χ3n) is 2.75. The number of nitrogens with one attached hydrogen (secondary N) is 2. The Morgan fingerprint density at radius 2 is 1.90 bits per heavy atom. The molecule has 0 bridgehead atoms. The first kappa shape index (κ1) is 13.6. The van der Waals surface area contributed by atoms with E-state index in [-0.39, 0.29) is 12.5 Å². The van der Waals surface area contributed by atoms with Crippen LogP contribution < -0.4 is 10.6 Å². The number of amides is 1. The summed E-state index contributed by atoms with van der Waals surface area (Å²) in [6.07, 6.45) is 0. The van der Waals surface area contributed by atoms with Crippen molar-refractivity contribution in [3.8, 4) is 6.07 Å². The summed E-state index contributed by atoms with van der Waals surface area (Å²) >= 11 is 0. The molecular weight excluding hydrogens is 250 g/mol. The molecule has 2 rings (SSSR count). The molecule has 2 aromatic carbocycles. The first-order valence-electron chi connectivity index (χ1n) is 6.28. The Morgan fingerprint density at radius 3 is 2.65 bits per heavy atom. The van der Waals surface area contributed by atoms with E-state index in [1.54, 1.807) is 24.3 Å². The summed E-state index contributed by atoms with van der Waals surface area (Å²) in [7, 11) is 0. The summed E-state index contributed by atoms with van der Waals surface area (Å²) in [5.74, 6) is -0.151. The molecule has 0 heterocycles. The number of hydrogen-bond acceptors (Lipinski definition) is 3. The maximum Gasteiger partial charge on any atom is 0.243 e. The zero-order valence-corrected chi connectivity index (χ0v) is 11.2. The fourth-order valence-electron chi connectivity index (χ4n) is 1.81. The molecule has 0 aliphatic heterocycles. The summed E-state index contributed by atoms with van der Waals surface area (Å²) < 4.78 is 0. The molecule has 0 saturated carbocycles. The summed E-state index contributed by atoms with van der Waals surface area (Å²) in [5.41, 5.74) is 3.19. The van der Waals surface area contributed by atoms with Gasteiger partial charge in [0.05, 0.1) is 18.2 Å². The van der Waals surface area contributed by atoms with Gasteiger partial charge in [-0.2, -0.15) is 5.26 Å². The van der Waals surface area contributed by atoms with E-state index in [2.05, 4.69) is 10.6 Å². The highest BCUT2D eigenvalue weighted by molar-refractivity contribution is 5.93. The number of benzene rings is 2. The molecule has 0 aliphatic carbocycles. The molecule has 2 aromatic rings. The number of aryl methyl sites for hydroxylation is 1. The van der Waals surface area contributed by atoms with Gasteiger partial charge in [0, 0.05) is 11.4 Å². The van der Waals surface area contributed by atoms with Crippen molar-refractivity contribution in [2.45, 2.75) is 6.92 Å². The number of hydrogen-bond donors (Lipinski definition) is 2. The predicted octanol–water partition coefficient (Wildman–Crippen LogP) is 2.92. The maximum absolute atomic E-state index is 11.8. The Balaban J connectivity index is 1.91. The normalized spacial score (nSPS) is 9.60. The lowest BCUT2D eigenvalue weighted by molar-refractivity contribution is -0.114. The molecule has 4 heteroatoms. The number of carbonyl (C=O) groups excluding carboxylic acids is 1. The van der Waals surface area contributed by atoms with Crippen LogP contribution in [0.4, 0.5) is 11.4 Å². The average molecular weight is 265 g/mol. The van der Waals surface area contributed by atoms with Crippen LogP contribution in [0.15, 0.2) is 48.5 Å². The van der Waals surface area contributed by atoms with E-state index in [9.17, 15) is 4.79 Å². The van der Waals surface area contributed by atoms with Gasteiger partial charge in [-0.1, -0.05) is 18.2 Å². The van der Waals surface area contributed by atoms with Gasteiger partial charge in [0.2, 0.25) is 5.91 Å². The fraction of sp³-hybridized carbons (Fsp3) is 0.125. The molecule has 1 amide bonds. The molecule has 4 nitrogen and oxygen atoms in total. The van der Waals surface area contributed by atoms with Gasteiger partial charge in [0.25, 0.3) is 0 Å². The zero-order chi connectivity index (χ0) is 14.4. The third-order valence-corrected chi connectivity index (χ3v) is 2.75. The first-order valence-corrected chi connectivity index (χ1v) is 6.28. The van der Waals surface area contributed by atoms with Crippen LogP contribution in [0.25, 0.3) is 0 Å². The highest BCUT2D eigenvalue weighted by Crippen LogP contribution is 2.11. The molecular formula is C16H15N3O. The topological polar surface area (TPSA) is 64.9 Å². The van der Waals surface area contributed by atoms with Gasteiger partial charge >= 0.3 is 0 Å². The van der Waals surface area contributed by atoms with Crippen molar-refractivity contribution in [1.82, 2.24) is 0 Å². The SMILES string of the molecule is Cc1cccc(NCC(=O)Nc2cccc(C#N)c2)c1. The Morgan fingerprint density at radius 1 is 1.15 bits per heavy atom. The highest BCUT2D eigenvalue weighted by atomic mass is 16.1. The third kappa shape index (κ3) is 3.85. The molecule has 100 valence electrons. The van der Waals surface area contributed by atoms with E-state index in [0.29, 0.717) is 11.3 Å². The van der Waals surface area contributed by atoms with E-state index >= 15 is 0 Å². The van der Waals surface area contributed by atoms with Crippen LogP contribution in [0.3, 0.4) is 0 Å². The van der Waals surface area contributed by atoms with Crippen molar-refractivity contribution < 1.29 is 4.79 Å². The second-order valence-corrected chi connectivity index (χ2v) is 4.46. The number of nitriles is 1. The first-order chi connectivity index (χ1) is 9.67. The molecule has 0 atom stereocenters. The second-order valence-electron chi connectivity index (χ2n) is 4.46. The predicted molar refractivity (Wildman–Crippen MR) is 79.5 cm³/mol. The smallest absolute Gasteiger partial charge is 0.243 e. The molecule has 0 spiro atoms. The van der Waals surface area contributed by atoms with Crippen molar-refractivity contribution in [3.05, 3.63) is 59.7 Å². The Labute approximate surface area is 118 Å². The van der Waals surface area contributed by atoms with Gasteiger partial charge in [-0.3, -0.25) is 4.79 Å². The minimum atomic E-state index is -0.151. The lowest BCUT2D eigenvalue weighted by Crippen LogP contribution is -2.21. The highest BCUT2D eigenvalue weighted by Gasteiger charge is 2.03. The quantitative estimate of drug-likeness (QED) is 0.893. The molecule has 0 radical (unpaired) electrons. The van der Waals surface area contributed by atoms with Gasteiger partial charge in [-0.05, 0) is 42.8 Å². The van der Waals surface area contributed by atoms with E-state index < -0.39 is 0 Å². The minimum Gasteiger partial charge on any atom is -0.376 e. The van der Waals surface area contributed by atoms with Gasteiger partial charge in [-0.15, -0.1) is 0 Å². The summed E-state index contributed by atoms with van der Waals surface area (Å²) in [4.78, 5) is 11.8. The van der Waals surface area contributed by atoms with Gasteiger partial charge < -0.3 is 10.6 Å². The van der Waals surface area contributed by atoms with Crippen molar-refractivity contribution in [2.75, 3.05) is 17.2 Å². The Hall–Kier alpha value is -2.80. The molecule has 0 aliphatic rings. The maximum atomic E-state index is 11.8. The lowest BCUT2D eigenvalue weighted by atomic mass is 10.2. The molecule has 0 aromatic heterocycles. The average Bonchev–Trinajstić information content (AvgIpc) is 2.45. The van der Waals surface area contributed by atoms with Gasteiger partial charge in [0.1, 0.15) is 0 Å². The molecule has 0 fully saturated rings. The van der Waals surface area contributed by atoms with Crippen molar-refractivity contribution in [3.63, 3.8) is 0 Å². The fourth-order valence-corrected chi connectivity index (χ4v) is 1.81. The van der Waals surface area contributed by atoms with E-state index in [4.69, 9.17) is 5.26 Å². The largest absolute Gasteiger partial charge is 0.376 e. The van der Waals surface area contributed by atoms with Gasteiger partial charge in [-0.25, -0.2) is 0 Å². The van der Waals surface area contributed by atoms with Crippen LogP contribution in [0.1, 0.15) is 11.1 Å². The lowest BCUT2D eigenvalue weighted by Gasteiger charge is -2.08. The molecule has 20 heavy (non-hydrogen) atoms. The summed E-state index contributed by atoms with van der Waals surface area (Å²) in [6, 6.07) is 16.7. The number of nitrogens with zero attached hydrogens (tertiary/aromatic N) is 1. The van der Waals surface area contributed by atoms with Crippen LogP contribution in [0.5, 0.6) is 0 Å². The van der Waals surface area contributed by atoms with E-state index in [1.165, 1.54) is 0 Å².